The van der Waals surface area contributed by atoms with E-state index in [1.165, 1.54) is 58.0 Å². The first-order valence-electron chi connectivity index (χ1n) is 8.44. The van der Waals surface area contributed by atoms with E-state index in [0.29, 0.717) is 5.54 Å². The highest BCUT2D eigenvalue weighted by Crippen LogP contribution is 2.45. The van der Waals surface area contributed by atoms with Crippen molar-refractivity contribution < 1.29 is 0 Å². The van der Waals surface area contributed by atoms with Gasteiger partial charge in [0, 0.05) is 43.3 Å². The molecule has 4 fully saturated rings. The van der Waals surface area contributed by atoms with Gasteiger partial charge in [-0.2, -0.15) is 0 Å². The second-order valence-corrected chi connectivity index (χ2v) is 7.71. The Hall–Kier alpha value is -0.120. The molecule has 3 nitrogen and oxygen atoms in total. The van der Waals surface area contributed by atoms with Crippen molar-refractivity contribution in [3.63, 3.8) is 0 Å². The van der Waals surface area contributed by atoms with Gasteiger partial charge in [-0.05, 0) is 57.8 Å². The number of likely N-dealkylation sites (tertiary alicyclic amines) is 1. The number of rotatable bonds is 6. The summed E-state index contributed by atoms with van der Waals surface area (Å²) in [7, 11) is 0. The fourth-order valence-electron chi connectivity index (χ4n) is 4.29. The lowest BCUT2D eigenvalue weighted by Gasteiger charge is -2.41. The normalized spacial score (nSPS) is 40.3. The van der Waals surface area contributed by atoms with Gasteiger partial charge in [0.1, 0.15) is 0 Å². The van der Waals surface area contributed by atoms with Crippen LogP contribution in [0.3, 0.4) is 0 Å². The Morgan fingerprint density at radius 3 is 2.42 bits per heavy atom. The van der Waals surface area contributed by atoms with Crippen LogP contribution in [0.15, 0.2) is 0 Å². The zero-order chi connectivity index (χ0) is 13.0. The third kappa shape index (κ3) is 2.34. The first-order chi connectivity index (χ1) is 9.22. The number of hydrogen-bond acceptors (Lipinski definition) is 3. The summed E-state index contributed by atoms with van der Waals surface area (Å²) in [5.41, 5.74) is 6.62. The van der Waals surface area contributed by atoms with Crippen molar-refractivity contribution in [2.24, 2.45) is 11.7 Å². The summed E-state index contributed by atoms with van der Waals surface area (Å²) < 4.78 is 0. The van der Waals surface area contributed by atoms with Crippen LogP contribution in [-0.2, 0) is 0 Å². The van der Waals surface area contributed by atoms with Crippen molar-refractivity contribution in [2.45, 2.75) is 75.5 Å². The molecule has 3 heteroatoms. The molecule has 3 aliphatic carbocycles. The van der Waals surface area contributed by atoms with Crippen molar-refractivity contribution in [3.8, 4) is 0 Å². The van der Waals surface area contributed by atoms with Crippen molar-refractivity contribution in [1.82, 2.24) is 9.80 Å². The molecule has 2 atom stereocenters. The van der Waals surface area contributed by atoms with Crippen molar-refractivity contribution in [2.75, 3.05) is 19.6 Å². The molecule has 1 heterocycles. The minimum atomic E-state index is 0.311. The van der Waals surface area contributed by atoms with Crippen LogP contribution in [0.5, 0.6) is 0 Å². The van der Waals surface area contributed by atoms with Gasteiger partial charge in [0.2, 0.25) is 0 Å². The Labute approximate surface area is 117 Å². The average Bonchev–Trinajstić information content (AvgIpc) is 3.26. The van der Waals surface area contributed by atoms with Gasteiger partial charge in [0.05, 0.1) is 0 Å². The zero-order valence-electron chi connectivity index (χ0n) is 12.4. The monoisotopic (exact) mass is 263 g/mol. The van der Waals surface area contributed by atoms with E-state index in [0.717, 1.165) is 30.6 Å². The highest BCUT2D eigenvalue weighted by atomic mass is 15.4. The number of nitrogens with zero attached hydrogens (tertiary/aromatic N) is 2. The predicted molar refractivity (Wildman–Crippen MR) is 78.0 cm³/mol. The first kappa shape index (κ1) is 12.6. The van der Waals surface area contributed by atoms with Gasteiger partial charge in [-0.3, -0.25) is 9.80 Å². The van der Waals surface area contributed by atoms with E-state index in [1.54, 1.807) is 0 Å². The lowest BCUT2D eigenvalue weighted by atomic mass is 9.93. The Morgan fingerprint density at radius 2 is 1.89 bits per heavy atom. The van der Waals surface area contributed by atoms with E-state index < -0.39 is 0 Å². The smallest absolute Gasteiger partial charge is 0.0476 e. The van der Waals surface area contributed by atoms with Gasteiger partial charge in [-0.25, -0.2) is 0 Å². The summed E-state index contributed by atoms with van der Waals surface area (Å²) in [6, 6.07) is 2.51. The molecular formula is C16H29N3. The van der Waals surface area contributed by atoms with Crippen LogP contribution in [0.1, 0.15) is 51.9 Å². The molecule has 108 valence electrons. The van der Waals surface area contributed by atoms with Crippen LogP contribution in [0.2, 0.25) is 0 Å². The van der Waals surface area contributed by atoms with Crippen LogP contribution in [-0.4, -0.2) is 53.1 Å². The molecule has 4 aliphatic rings. The molecule has 4 rings (SSSR count). The average molecular weight is 263 g/mol. The highest BCUT2D eigenvalue weighted by molar-refractivity contribution is 5.10. The Balaban J connectivity index is 1.53. The lowest BCUT2D eigenvalue weighted by Crippen LogP contribution is -2.57. The van der Waals surface area contributed by atoms with E-state index in [1.807, 2.05) is 0 Å². The van der Waals surface area contributed by atoms with Gasteiger partial charge in [0.25, 0.3) is 0 Å². The van der Waals surface area contributed by atoms with Gasteiger partial charge in [-0.15, -0.1) is 0 Å². The van der Waals surface area contributed by atoms with Crippen LogP contribution in [0.4, 0.5) is 0 Å². The molecule has 0 bridgehead atoms. The van der Waals surface area contributed by atoms with Crippen LogP contribution < -0.4 is 5.73 Å². The van der Waals surface area contributed by atoms with Gasteiger partial charge in [-0.1, -0.05) is 0 Å². The van der Waals surface area contributed by atoms with E-state index in [-0.39, 0.29) is 0 Å². The summed E-state index contributed by atoms with van der Waals surface area (Å²) in [6.07, 6.45) is 9.94. The molecule has 19 heavy (non-hydrogen) atoms. The van der Waals surface area contributed by atoms with Crippen molar-refractivity contribution in [3.05, 3.63) is 0 Å². The number of hydrogen-bond donors (Lipinski definition) is 1. The molecule has 1 saturated heterocycles. The van der Waals surface area contributed by atoms with Crippen LogP contribution in [0.25, 0.3) is 0 Å². The Kier molecular flexibility index (Phi) is 2.95. The van der Waals surface area contributed by atoms with E-state index >= 15 is 0 Å². The molecule has 0 amide bonds. The summed E-state index contributed by atoms with van der Waals surface area (Å²) >= 11 is 0. The summed E-state index contributed by atoms with van der Waals surface area (Å²) in [6.45, 7) is 5.88. The lowest BCUT2D eigenvalue weighted by molar-refractivity contribution is 0.0832. The van der Waals surface area contributed by atoms with Gasteiger partial charge in [0.15, 0.2) is 0 Å². The highest BCUT2D eigenvalue weighted by Gasteiger charge is 2.53. The quantitative estimate of drug-likeness (QED) is 0.793. The van der Waals surface area contributed by atoms with Crippen LogP contribution >= 0.6 is 0 Å². The molecule has 2 unspecified atom stereocenters. The van der Waals surface area contributed by atoms with Crippen molar-refractivity contribution in [1.29, 1.82) is 0 Å². The SMILES string of the molecule is CC1CC(CN)(N(CC2CC2)C2CC2)CN1C1CC1. The second kappa shape index (κ2) is 4.44. The topological polar surface area (TPSA) is 32.5 Å². The van der Waals surface area contributed by atoms with E-state index in [2.05, 4.69) is 16.7 Å². The third-order valence-corrected chi connectivity index (χ3v) is 5.86. The second-order valence-electron chi connectivity index (χ2n) is 7.71. The molecule has 0 aromatic rings. The largest absolute Gasteiger partial charge is 0.329 e. The molecule has 0 aromatic carbocycles. The standard InChI is InChI=1S/C16H29N3/c1-12-8-16(10-17,11-18(12)14-4-5-14)19(15-6-7-15)9-13-2-3-13/h12-15H,2-11,17H2,1H3. The van der Waals surface area contributed by atoms with E-state index in [9.17, 15) is 0 Å². The van der Waals surface area contributed by atoms with Crippen LogP contribution in [0, 0.1) is 5.92 Å². The summed E-state index contributed by atoms with van der Waals surface area (Å²) in [4.78, 5) is 5.64. The number of nitrogens with two attached hydrogens (primary N) is 1. The molecule has 3 saturated carbocycles. The fraction of sp³-hybridized carbons (Fsp3) is 1.00. The minimum Gasteiger partial charge on any atom is -0.329 e. The van der Waals surface area contributed by atoms with Gasteiger partial charge >= 0.3 is 0 Å². The molecule has 0 spiro atoms. The van der Waals surface area contributed by atoms with E-state index in [4.69, 9.17) is 5.73 Å². The first-order valence-corrected chi connectivity index (χ1v) is 8.44. The molecule has 1 aliphatic heterocycles. The molecule has 0 aromatic heterocycles. The zero-order valence-corrected chi connectivity index (χ0v) is 12.4. The minimum absolute atomic E-state index is 0.311. The maximum atomic E-state index is 6.31. The molecular weight excluding hydrogens is 234 g/mol. The fourth-order valence-corrected chi connectivity index (χ4v) is 4.29. The molecule has 2 N–H and O–H groups in total. The van der Waals surface area contributed by atoms with Gasteiger partial charge < -0.3 is 5.73 Å². The Morgan fingerprint density at radius 1 is 1.16 bits per heavy atom. The maximum absolute atomic E-state index is 6.31. The molecule has 0 radical (unpaired) electrons. The summed E-state index contributed by atoms with van der Waals surface area (Å²) in [5, 5.41) is 0. The summed E-state index contributed by atoms with van der Waals surface area (Å²) in [5.74, 6) is 0.995. The third-order valence-electron chi connectivity index (χ3n) is 5.86. The predicted octanol–water partition coefficient (Wildman–Crippen LogP) is 1.81. The maximum Gasteiger partial charge on any atom is 0.0476 e. The van der Waals surface area contributed by atoms with Crippen molar-refractivity contribution >= 4 is 0 Å². The Bertz CT molecular complexity index is 346.